The number of benzene rings is 1. The van der Waals surface area contributed by atoms with E-state index in [1.165, 1.54) is 12.1 Å². The summed E-state index contributed by atoms with van der Waals surface area (Å²) in [5, 5.41) is 7.81. The van der Waals surface area contributed by atoms with Crippen molar-refractivity contribution >= 4 is 15.7 Å². The van der Waals surface area contributed by atoms with E-state index in [0.29, 0.717) is 6.54 Å². The SMILES string of the molecule is Cc1ccc(CNc2ccc(S(N)(=O)=O)cc2F)cn1. The Labute approximate surface area is 116 Å². The van der Waals surface area contributed by atoms with Gasteiger partial charge in [-0.3, -0.25) is 4.98 Å². The van der Waals surface area contributed by atoms with Crippen molar-refractivity contribution in [3.05, 3.63) is 53.6 Å². The second-order valence-electron chi connectivity index (χ2n) is 4.35. The molecule has 2 aromatic rings. The monoisotopic (exact) mass is 295 g/mol. The van der Waals surface area contributed by atoms with Gasteiger partial charge in [0.25, 0.3) is 0 Å². The Morgan fingerprint density at radius 2 is 2.05 bits per heavy atom. The van der Waals surface area contributed by atoms with Crippen molar-refractivity contribution in [2.75, 3.05) is 5.32 Å². The van der Waals surface area contributed by atoms with E-state index in [4.69, 9.17) is 5.14 Å². The molecule has 2 rings (SSSR count). The first kappa shape index (κ1) is 14.4. The summed E-state index contributed by atoms with van der Waals surface area (Å²) in [6, 6.07) is 7.24. The van der Waals surface area contributed by atoms with Gasteiger partial charge < -0.3 is 5.32 Å². The average Bonchev–Trinajstić information content (AvgIpc) is 2.38. The van der Waals surface area contributed by atoms with Gasteiger partial charge in [0.1, 0.15) is 5.82 Å². The van der Waals surface area contributed by atoms with Gasteiger partial charge in [-0.1, -0.05) is 6.07 Å². The minimum atomic E-state index is -3.89. The van der Waals surface area contributed by atoms with Crippen LogP contribution in [0.2, 0.25) is 0 Å². The molecule has 0 aliphatic heterocycles. The van der Waals surface area contributed by atoms with Crippen molar-refractivity contribution < 1.29 is 12.8 Å². The predicted molar refractivity (Wildman–Crippen MR) is 74.1 cm³/mol. The lowest BCUT2D eigenvalue weighted by Crippen LogP contribution is -2.12. The summed E-state index contributed by atoms with van der Waals surface area (Å²) >= 11 is 0. The molecule has 5 nitrogen and oxygen atoms in total. The molecule has 0 amide bonds. The molecule has 106 valence electrons. The number of nitrogens with two attached hydrogens (primary N) is 1. The zero-order chi connectivity index (χ0) is 14.8. The molecule has 0 atom stereocenters. The first-order valence-corrected chi connectivity index (χ1v) is 7.38. The molecular formula is C13H14FN3O2S. The van der Waals surface area contributed by atoms with Crippen molar-refractivity contribution in [1.82, 2.24) is 4.98 Å². The number of halogens is 1. The number of sulfonamides is 1. The molecule has 0 aliphatic carbocycles. The molecule has 0 saturated heterocycles. The highest BCUT2D eigenvalue weighted by Crippen LogP contribution is 2.18. The van der Waals surface area contributed by atoms with E-state index in [0.717, 1.165) is 17.3 Å². The molecule has 1 heterocycles. The summed E-state index contributed by atoms with van der Waals surface area (Å²) in [5.41, 5.74) is 2.00. The van der Waals surface area contributed by atoms with Crippen LogP contribution in [0.1, 0.15) is 11.3 Å². The predicted octanol–water partition coefficient (Wildman–Crippen LogP) is 1.79. The van der Waals surface area contributed by atoms with E-state index < -0.39 is 15.8 Å². The maximum atomic E-state index is 13.7. The molecule has 0 unspecified atom stereocenters. The fourth-order valence-corrected chi connectivity index (χ4v) is 2.14. The minimum absolute atomic E-state index is 0.206. The number of hydrogen-bond acceptors (Lipinski definition) is 4. The normalized spacial score (nSPS) is 11.3. The molecule has 7 heteroatoms. The highest BCUT2D eigenvalue weighted by molar-refractivity contribution is 7.89. The first-order chi connectivity index (χ1) is 9.36. The molecule has 0 saturated carbocycles. The smallest absolute Gasteiger partial charge is 0.238 e. The topological polar surface area (TPSA) is 85.1 Å². The van der Waals surface area contributed by atoms with E-state index >= 15 is 0 Å². The molecule has 0 spiro atoms. The summed E-state index contributed by atoms with van der Waals surface area (Å²) in [6.07, 6.45) is 1.69. The summed E-state index contributed by atoms with van der Waals surface area (Å²) in [6.45, 7) is 2.27. The van der Waals surface area contributed by atoms with Gasteiger partial charge in [-0.05, 0) is 36.8 Å². The zero-order valence-corrected chi connectivity index (χ0v) is 11.6. The fraction of sp³-hybridized carbons (Fsp3) is 0.154. The van der Waals surface area contributed by atoms with Crippen molar-refractivity contribution in [3.63, 3.8) is 0 Å². The molecule has 0 radical (unpaired) electrons. The standard InChI is InChI=1S/C13H14FN3O2S/c1-9-2-3-10(7-16-9)8-17-13-5-4-11(6-12(13)14)20(15,18)19/h2-7,17H,8H2,1H3,(H2,15,18,19). The number of rotatable bonds is 4. The van der Waals surface area contributed by atoms with Crippen LogP contribution in [0.4, 0.5) is 10.1 Å². The van der Waals surface area contributed by atoms with Crippen LogP contribution < -0.4 is 10.5 Å². The Bertz CT molecular complexity index is 715. The zero-order valence-electron chi connectivity index (χ0n) is 10.8. The van der Waals surface area contributed by atoms with Crippen LogP contribution in [-0.4, -0.2) is 13.4 Å². The number of aryl methyl sites for hydroxylation is 1. The summed E-state index contributed by atoms with van der Waals surface area (Å²) in [7, 11) is -3.89. The molecule has 0 bridgehead atoms. The lowest BCUT2D eigenvalue weighted by Gasteiger charge is -2.08. The van der Waals surface area contributed by atoms with Crippen molar-refractivity contribution in [3.8, 4) is 0 Å². The van der Waals surface area contributed by atoms with Gasteiger partial charge in [0.2, 0.25) is 10.0 Å². The van der Waals surface area contributed by atoms with E-state index in [1.54, 1.807) is 6.20 Å². The molecule has 3 N–H and O–H groups in total. The molecule has 20 heavy (non-hydrogen) atoms. The molecule has 0 aliphatic rings. The van der Waals surface area contributed by atoms with Gasteiger partial charge in [0.15, 0.2) is 0 Å². The van der Waals surface area contributed by atoms with Gasteiger partial charge in [-0.2, -0.15) is 0 Å². The summed E-state index contributed by atoms with van der Waals surface area (Å²) < 4.78 is 35.9. The summed E-state index contributed by atoms with van der Waals surface area (Å²) in [4.78, 5) is 3.88. The number of hydrogen-bond donors (Lipinski definition) is 2. The van der Waals surface area contributed by atoms with Crippen LogP contribution >= 0.6 is 0 Å². The second kappa shape index (κ2) is 5.56. The van der Waals surface area contributed by atoms with E-state index in [-0.39, 0.29) is 10.6 Å². The Morgan fingerprint density at radius 3 is 2.60 bits per heavy atom. The highest BCUT2D eigenvalue weighted by atomic mass is 32.2. The molecule has 1 aromatic carbocycles. The van der Waals surface area contributed by atoms with Crippen LogP contribution in [0.5, 0.6) is 0 Å². The third kappa shape index (κ3) is 3.52. The minimum Gasteiger partial charge on any atom is -0.379 e. The summed E-state index contributed by atoms with van der Waals surface area (Å²) in [5.74, 6) is -0.670. The van der Waals surface area contributed by atoms with E-state index in [2.05, 4.69) is 10.3 Å². The van der Waals surface area contributed by atoms with Crippen molar-refractivity contribution in [2.24, 2.45) is 5.14 Å². The Hall–Kier alpha value is -1.99. The lowest BCUT2D eigenvalue weighted by molar-refractivity contribution is 0.593. The van der Waals surface area contributed by atoms with Crippen LogP contribution in [0.25, 0.3) is 0 Å². The van der Waals surface area contributed by atoms with Gasteiger partial charge in [-0.15, -0.1) is 0 Å². The number of nitrogens with one attached hydrogen (secondary N) is 1. The molecule has 1 aromatic heterocycles. The number of aromatic nitrogens is 1. The third-order valence-corrected chi connectivity index (χ3v) is 3.64. The largest absolute Gasteiger partial charge is 0.379 e. The van der Waals surface area contributed by atoms with Gasteiger partial charge >= 0.3 is 0 Å². The number of primary sulfonamides is 1. The maximum absolute atomic E-state index is 13.7. The lowest BCUT2D eigenvalue weighted by atomic mass is 10.2. The van der Waals surface area contributed by atoms with Crippen molar-refractivity contribution in [2.45, 2.75) is 18.4 Å². The number of nitrogens with zero attached hydrogens (tertiary/aromatic N) is 1. The van der Waals surface area contributed by atoms with Crippen LogP contribution in [-0.2, 0) is 16.6 Å². The average molecular weight is 295 g/mol. The molecular weight excluding hydrogens is 281 g/mol. The highest BCUT2D eigenvalue weighted by Gasteiger charge is 2.11. The Morgan fingerprint density at radius 1 is 1.30 bits per heavy atom. The Kier molecular flexibility index (Phi) is 4.01. The number of anilines is 1. The first-order valence-electron chi connectivity index (χ1n) is 5.84. The second-order valence-corrected chi connectivity index (χ2v) is 5.91. The Balaban J connectivity index is 2.12. The fourth-order valence-electron chi connectivity index (χ4n) is 1.62. The third-order valence-electron chi connectivity index (χ3n) is 2.72. The quantitative estimate of drug-likeness (QED) is 0.900. The van der Waals surface area contributed by atoms with Crippen LogP contribution in [0.15, 0.2) is 41.4 Å². The van der Waals surface area contributed by atoms with Crippen LogP contribution in [0.3, 0.4) is 0 Å². The van der Waals surface area contributed by atoms with Gasteiger partial charge in [0.05, 0.1) is 10.6 Å². The molecule has 0 fully saturated rings. The van der Waals surface area contributed by atoms with E-state index in [9.17, 15) is 12.8 Å². The van der Waals surface area contributed by atoms with Crippen molar-refractivity contribution in [1.29, 1.82) is 0 Å². The number of pyridine rings is 1. The van der Waals surface area contributed by atoms with Gasteiger partial charge in [-0.25, -0.2) is 17.9 Å². The van der Waals surface area contributed by atoms with E-state index in [1.807, 2.05) is 19.1 Å². The van der Waals surface area contributed by atoms with Crippen LogP contribution in [0, 0.1) is 12.7 Å². The maximum Gasteiger partial charge on any atom is 0.238 e. The van der Waals surface area contributed by atoms with Gasteiger partial charge in [0, 0.05) is 18.4 Å².